The molecule has 1 heterocycles. The van der Waals surface area contributed by atoms with Crippen molar-refractivity contribution in [1.82, 2.24) is 10.3 Å². The van der Waals surface area contributed by atoms with Gasteiger partial charge in [-0.3, -0.25) is 14.5 Å². The first-order valence-corrected chi connectivity index (χ1v) is 10.3. The molecular weight excluding hydrogens is 462 g/mol. The number of H-pyrrole nitrogens is 1. The maximum absolute atomic E-state index is 12.8. The Hall–Kier alpha value is -2.30. The van der Waals surface area contributed by atoms with Crippen LogP contribution in [0, 0.1) is 0 Å². The van der Waals surface area contributed by atoms with Gasteiger partial charge in [-0.2, -0.15) is 0 Å². The summed E-state index contributed by atoms with van der Waals surface area (Å²) in [5, 5.41) is 2.42. The summed E-state index contributed by atoms with van der Waals surface area (Å²) in [7, 11) is -4.11. The molecule has 0 saturated carbocycles. The number of sulfonamides is 1. The second kappa shape index (κ2) is 7.37. The number of hydrogen-bond donors (Lipinski definition) is 3. The Kier molecular flexibility index (Phi) is 5.31. The first-order chi connectivity index (χ1) is 12.7. The molecule has 11 heteroatoms. The minimum atomic E-state index is -4.11. The molecule has 1 amide bonds. The van der Waals surface area contributed by atoms with Crippen LogP contribution in [0.3, 0.4) is 0 Å². The van der Waals surface area contributed by atoms with Crippen molar-refractivity contribution in [2.24, 2.45) is 0 Å². The van der Waals surface area contributed by atoms with Crippen LogP contribution in [0.1, 0.15) is 17.3 Å². The van der Waals surface area contributed by atoms with Crippen LogP contribution in [0.2, 0.25) is 5.02 Å². The Labute approximate surface area is 167 Å². The molecule has 0 aliphatic rings. The monoisotopic (exact) mass is 473 g/mol. The third kappa shape index (κ3) is 3.87. The lowest BCUT2D eigenvalue weighted by Crippen LogP contribution is -2.22. The molecule has 2 aromatic carbocycles. The number of nitrogens with one attached hydrogen (secondary N) is 3. The van der Waals surface area contributed by atoms with Gasteiger partial charge in [0.25, 0.3) is 15.9 Å². The molecule has 8 nitrogen and oxygen atoms in total. The van der Waals surface area contributed by atoms with Crippen molar-refractivity contribution in [2.45, 2.75) is 11.8 Å². The number of benzene rings is 2. The summed E-state index contributed by atoms with van der Waals surface area (Å²) in [6.07, 6.45) is 0. The average Bonchev–Trinajstić information content (AvgIpc) is 2.95. The number of anilines is 1. The summed E-state index contributed by atoms with van der Waals surface area (Å²) in [5.74, 6) is -1.01. The molecule has 0 bridgehead atoms. The van der Waals surface area contributed by atoms with Crippen molar-refractivity contribution in [1.29, 1.82) is 0 Å². The molecule has 0 fully saturated rings. The van der Waals surface area contributed by atoms with Crippen molar-refractivity contribution < 1.29 is 17.6 Å². The second-order valence-corrected chi connectivity index (χ2v) is 8.29. The van der Waals surface area contributed by atoms with Gasteiger partial charge in [0.2, 0.25) is 0 Å². The van der Waals surface area contributed by atoms with Crippen LogP contribution in [-0.2, 0) is 10.0 Å². The van der Waals surface area contributed by atoms with Gasteiger partial charge >= 0.3 is 5.76 Å². The fourth-order valence-corrected chi connectivity index (χ4v) is 5.33. The quantitative estimate of drug-likeness (QED) is 0.525. The lowest BCUT2D eigenvalue weighted by atomic mass is 10.2. The SMILES string of the molecule is CCNC(=O)c1ccc(NS(=O)(=O)c2c(Br)cc3[nH]c(=O)oc3c2Cl)cc1. The van der Waals surface area contributed by atoms with Crippen molar-refractivity contribution in [3.05, 3.63) is 55.9 Å². The number of aromatic amines is 1. The fraction of sp³-hybridized carbons (Fsp3) is 0.125. The normalized spacial score (nSPS) is 11.5. The zero-order valence-corrected chi connectivity index (χ0v) is 17.0. The summed E-state index contributed by atoms with van der Waals surface area (Å²) in [6, 6.07) is 7.29. The fourth-order valence-electron chi connectivity index (χ4n) is 2.41. The topological polar surface area (TPSA) is 121 Å². The van der Waals surface area contributed by atoms with Gasteiger partial charge in [-0.25, -0.2) is 13.2 Å². The van der Waals surface area contributed by atoms with E-state index in [9.17, 15) is 18.0 Å². The van der Waals surface area contributed by atoms with E-state index in [4.69, 9.17) is 16.0 Å². The Bertz CT molecular complexity index is 1190. The standard InChI is InChI=1S/C16H13BrClN3O5S/c1-2-19-15(22)8-3-5-9(6-4-8)21-27(24,25)14-10(17)7-11-13(12(14)18)26-16(23)20-11/h3-7,21H,2H2,1H3,(H,19,22)(H,20,23). The van der Waals surface area contributed by atoms with Gasteiger partial charge in [-0.1, -0.05) is 11.6 Å². The average molecular weight is 475 g/mol. The number of oxazole rings is 1. The van der Waals surface area contributed by atoms with E-state index >= 15 is 0 Å². The molecular formula is C16H13BrClN3O5S. The summed E-state index contributed by atoms with van der Waals surface area (Å²) in [4.78, 5) is 25.2. The molecule has 3 aromatic rings. The Morgan fingerprint density at radius 3 is 2.59 bits per heavy atom. The molecule has 0 saturated heterocycles. The van der Waals surface area contributed by atoms with Gasteiger partial charge < -0.3 is 9.73 Å². The molecule has 0 atom stereocenters. The first-order valence-electron chi connectivity index (χ1n) is 7.65. The number of rotatable bonds is 5. The van der Waals surface area contributed by atoms with Crippen molar-refractivity contribution in [2.75, 3.05) is 11.3 Å². The third-order valence-electron chi connectivity index (χ3n) is 3.57. The molecule has 0 unspecified atom stereocenters. The molecule has 1 aromatic heterocycles. The van der Waals surface area contributed by atoms with Crippen LogP contribution in [0.5, 0.6) is 0 Å². The zero-order valence-electron chi connectivity index (χ0n) is 13.8. The van der Waals surface area contributed by atoms with Crippen LogP contribution in [0.15, 0.2) is 48.9 Å². The Balaban J connectivity index is 1.97. The number of hydrogen-bond acceptors (Lipinski definition) is 5. The Morgan fingerprint density at radius 2 is 1.96 bits per heavy atom. The van der Waals surface area contributed by atoms with E-state index in [1.807, 2.05) is 0 Å². The van der Waals surface area contributed by atoms with E-state index in [0.29, 0.717) is 12.1 Å². The van der Waals surface area contributed by atoms with Crippen molar-refractivity contribution >= 4 is 60.2 Å². The van der Waals surface area contributed by atoms with Gasteiger partial charge in [0.1, 0.15) is 9.92 Å². The van der Waals surface area contributed by atoms with Crippen LogP contribution in [0.4, 0.5) is 5.69 Å². The van der Waals surface area contributed by atoms with Gasteiger partial charge in [0, 0.05) is 22.3 Å². The highest BCUT2D eigenvalue weighted by molar-refractivity contribution is 9.10. The van der Waals surface area contributed by atoms with Crippen LogP contribution >= 0.6 is 27.5 Å². The number of halogens is 2. The van der Waals surface area contributed by atoms with E-state index in [1.165, 1.54) is 30.3 Å². The summed E-state index contributed by atoms with van der Waals surface area (Å²) in [5.41, 5.74) is 0.843. The molecule has 3 N–H and O–H groups in total. The Morgan fingerprint density at radius 1 is 1.30 bits per heavy atom. The first kappa shape index (κ1) is 19.5. The summed E-state index contributed by atoms with van der Waals surface area (Å²) in [6.45, 7) is 2.28. The summed E-state index contributed by atoms with van der Waals surface area (Å²) < 4.78 is 33.0. The van der Waals surface area contributed by atoms with E-state index in [0.717, 1.165) is 0 Å². The number of fused-ring (bicyclic) bond motifs is 1. The minimum Gasteiger partial charge on any atom is -0.406 e. The van der Waals surface area contributed by atoms with Gasteiger partial charge in [0.15, 0.2) is 5.58 Å². The van der Waals surface area contributed by atoms with E-state index < -0.39 is 15.8 Å². The maximum atomic E-state index is 12.8. The highest BCUT2D eigenvalue weighted by Crippen LogP contribution is 2.36. The largest absolute Gasteiger partial charge is 0.417 e. The number of carbonyl (C=O) groups is 1. The van der Waals surface area contributed by atoms with Crippen molar-refractivity contribution in [3.63, 3.8) is 0 Å². The second-order valence-electron chi connectivity index (χ2n) is 5.44. The predicted octanol–water partition coefficient (Wildman–Crippen LogP) is 3.09. The van der Waals surface area contributed by atoms with Gasteiger partial charge in [-0.15, -0.1) is 0 Å². The van der Waals surface area contributed by atoms with Gasteiger partial charge in [0.05, 0.1) is 5.52 Å². The third-order valence-corrected chi connectivity index (χ3v) is 6.39. The highest BCUT2D eigenvalue weighted by atomic mass is 79.9. The summed E-state index contributed by atoms with van der Waals surface area (Å²) >= 11 is 9.31. The predicted molar refractivity (Wildman–Crippen MR) is 105 cm³/mol. The number of carbonyl (C=O) groups excluding carboxylic acids is 1. The molecule has 0 aliphatic carbocycles. The molecule has 0 radical (unpaired) electrons. The lowest BCUT2D eigenvalue weighted by Gasteiger charge is -2.12. The van der Waals surface area contributed by atoms with E-state index in [1.54, 1.807) is 6.92 Å². The molecule has 142 valence electrons. The molecule has 0 spiro atoms. The smallest absolute Gasteiger partial charge is 0.406 e. The van der Waals surface area contributed by atoms with Crippen LogP contribution in [0.25, 0.3) is 11.1 Å². The van der Waals surface area contributed by atoms with E-state index in [-0.39, 0.29) is 37.1 Å². The lowest BCUT2D eigenvalue weighted by molar-refractivity contribution is 0.0956. The highest BCUT2D eigenvalue weighted by Gasteiger charge is 2.26. The van der Waals surface area contributed by atoms with Gasteiger partial charge in [-0.05, 0) is 53.2 Å². The molecule has 27 heavy (non-hydrogen) atoms. The maximum Gasteiger partial charge on any atom is 0.417 e. The van der Waals surface area contributed by atoms with E-state index in [2.05, 4.69) is 31.0 Å². The molecule has 0 aliphatic heterocycles. The van der Waals surface area contributed by atoms with Crippen molar-refractivity contribution in [3.8, 4) is 0 Å². The minimum absolute atomic E-state index is 0.0585. The van der Waals surface area contributed by atoms with Crippen LogP contribution < -0.4 is 15.8 Å². The van der Waals surface area contributed by atoms with Crippen LogP contribution in [-0.4, -0.2) is 25.9 Å². The molecule has 3 rings (SSSR count). The zero-order chi connectivity index (χ0) is 19.8. The number of amides is 1. The number of aromatic nitrogens is 1.